The topological polar surface area (TPSA) is 91.7 Å². The van der Waals surface area contributed by atoms with E-state index in [0.717, 1.165) is 0 Å². The molecule has 0 aliphatic rings. The molecule has 0 aliphatic carbocycles. The van der Waals surface area contributed by atoms with Gasteiger partial charge in [0.15, 0.2) is 0 Å². The summed E-state index contributed by atoms with van der Waals surface area (Å²) in [5.74, 6) is 0.0393. The zero-order valence-electron chi connectivity index (χ0n) is 9.14. The zero-order valence-corrected chi connectivity index (χ0v) is 9.96. The summed E-state index contributed by atoms with van der Waals surface area (Å²) < 4.78 is 14.8. The van der Waals surface area contributed by atoms with Crippen LogP contribution in [0.1, 0.15) is 5.69 Å². The number of imidazole rings is 1. The molecule has 2 aromatic rings. The van der Waals surface area contributed by atoms with E-state index in [0.29, 0.717) is 12.2 Å². The Labute approximate surface area is 105 Å². The zero-order chi connectivity index (χ0) is 13.0. The monoisotopic (exact) mass is 272 g/mol. The fourth-order valence-corrected chi connectivity index (χ4v) is 1.68. The van der Waals surface area contributed by atoms with Crippen LogP contribution in [0, 0.1) is 10.1 Å². The Balaban J connectivity index is 2.06. The molecule has 2 aromatic heterocycles. The van der Waals surface area contributed by atoms with Gasteiger partial charge in [0.1, 0.15) is 24.6 Å². The highest BCUT2D eigenvalue weighted by Crippen LogP contribution is 2.10. The van der Waals surface area contributed by atoms with Crippen LogP contribution in [0.15, 0.2) is 18.6 Å². The van der Waals surface area contributed by atoms with E-state index in [1.807, 2.05) is 0 Å². The van der Waals surface area contributed by atoms with E-state index in [-0.39, 0.29) is 30.4 Å². The molecule has 2 rings (SSSR count). The third kappa shape index (κ3) is 2.83. The maximum atomic E-state index is 11.9. The standard InChI is InChI=1S/C8H9FN6O2S/c9-18-4-3-14-6-7(11-12-14)5-13-2-1-10-8(13)15(16)17/h1-2,6H,3-5H2. The third-order valence-corrected chi connectivity index (χ3v) is 2.51. The lowest BCUT2D eigenvalue weighted by Crippen LogP contribution is -2.04. The number of hydrogen-bond acceptors (Lipinski definition) is 6. The number of hydrogen-bond donors (Lipinski definition) is 0. The van der Waals surface area contributed by atoms with Gasteiger partial charge in [-0.2, -0.15) is 3.89 Å². The predicted octanol–water partition coefficient (Wildman–Crippen LogP) is 1.05. The van der Waals surface area contributed by atoms with Crippen LogP contribution in [0.5, 0.6) is 0 Å². The number of nitro groups is 1. The Hall–Kier alpha value is -1.97. The summed E-state index contributed by atoms with van der Waals surface area (Å²) in [4.78, 5) is 13.7. The Morgan fingerprint density at radius 2 is 2.39 bits per heavy atom. The SMILES string of the molecule is O=[N+]([O-])c1nccn1Cc1cn(CCSF)nn1. The molecule has 0 fully saturated rings. The number of nitrogens with zero attached hydrogens (tertiary/aromatic N) is 6. The van der Waals surface area contributed by atoms with Crippen molar-refractivity contribution >= 4 is 18.1 Å². The van der Waals surface area contributed by atoms with Gasteiger partial charge in [-0.1, -0.05) is 10.2 Å². The largest absolute Gasteiger partial charge is 0.434 e. The lowest BCUT2D eigenvalue weighted by molar-refractivity contribution is -0.396. The van der Waals surface area contributed by atoms with Crippen LogP contribution in [0.3, 0.4) is 0 Å². The lowest BCUT2D eigenvalue weighted by Gasteiger charge is -1.97. The molecule has 0 aromatic carbocycles. The fourth-order valence-electron chi connectivity index (χ4n) is 1.42. The molecule has 0 bridgehead atoms. The molecule has 0 radical (unpaired) electrons. The van der Waals surface area contributed by atoms with Gasteiger partial charge in [-0.3, -0.25) is 4.68 Å². The van der Waals surface area contributed by atoms with Crippen molar-refractivity contribution < 1.29 is 8.81 Å². The predicted molar refractivity (Wildman–Crippen MR) is 61.6 cm³/mol. The third-order valence-electron chi connectivity index (χ3n) is 2.17. The van der Waals surface area contributed by atoms with Crippen molar-refractivity contribution in [2.24, 2.45) is 0 Å². The summed E-state index contributed by atoms with van der Waals surface area (Å²) in [6.45, 7) is 0.610. The lowest BCUT2D eigenvalue weighted by atomic mass is 10.4. The van der Waals surface area contributed by atoms with Crippen LogP contribution >= 0.6 is 12.1 Å². The molecule has 18 heavy (non-hydrogen) atoms. The molecule has 2 heterocycles. The van der Waals surface area contributed by atoms with E-state index in [1.54, 1.807) is 6.20 Å². The van der Waals surface area contributed by atoms with Gasteiger partial charge in [0.05, 0.1) is 12.7 Å². The van der Waals surface area contributed by atoms with Gasteiger partial charge in [-0.05, 0) is 4.92 Å². The average Bonchev–Trinajstić information content (AvgIpc) is 2.96. The molecule has 8 nitrogen and oxygen atoms in total. The van der Waals surface area contributed by atoms with Gasteiger partial charge in [0.2, 0.25) is 0 Å². The minimum atomic E-state index is -0.565. The van der Waals surface area contributed by atoms with E-state index in [1.165, 1.54) is 21.6 Å². The summed E-state index contributed by atoms with van der Waals surface area (Å²) in [6, 6.07) is 0. The van der Waals surface area contributed by atoms with Gasteiger partial charge < -0.3 is 10.1 Å². The minimum absolute atomic E-state index is 0.207. The molecular weight excluding hydrogens is 263 g/mol. The fraction of sp³-hybridized carbons (Fsp3) is 0.375. The molecule has 10 heteroatoms. The van der Waals surface area contributed by atoms with Gasteiger partial charge in [-0.15, -0.1) is 5.10 Å². The van der Waals surface area contributed by atoms with Crippen LogP contribution in [-0.2, 0) is 13.1 Å². The molecule has 0 atom stereocenters. The van der Waals surface area contributed by atoms with E-state index in [2.05, 4.69) is 15.3 Å². The van der Waals surface area contributed by atoms with Crippen LogP contribution < -0.4 is 0 Å². The van der Waals surface area contributed by atoms with Crippen LogP contribution in [0.4, 0.5) is 9.83 Å². The maximum Gasteiger partial charge on any atom is 0.434 e. The second-order valence-electron chi connectivity index (χ2n) is 3.40. The number of aryl methyl sites for hydroxylation is 1. The summed E-state index contributed by atoms with van der Waals surface area (Å²) >= 11 is 0.224. The van der Waals surface area contributed by atoms with Crippen molar-refractivity contribution in [1.29, 1.82) is 0 Å². The molecule has 0 spiro atoms. The number of aromatic nitrogens is 5. The first-order valence-corrected chi connectivity index (χ1v) is 5.87. The van der Waals surface area contributed by atoms with Crippen molar-refractivity contribution in [1.82, 2.24) is 24.5 Å². The molecule has 96 valence electrons. The van der Waals surface area contributed by atoms with Crippen LogP contribution in [-0.4, -0.2) is 35.2 Å². The van der Waals surface area contributed by atoms with Crippen molar-refractivity contribution in [3.8, 4) is 0 Å². The van der Waals surface area contributed by atoms with Crippen LogP contribution in [0.2, 0.25) is 0 Å². The molecule has 0 saturated heterocycles. The molecule has 0 aliphatic heterocycles. The quantitative estimate of drug-likeness (QED) is 0.576. The Bertz CT molecular complexity index is 541. The highest BCUT2D eigenvalue weighted by Gasteiger charge is 2.15. The number of rotatable bonds is 6. The Morgan fingerprint density at radius 1 is 1.56 bits per heavy atom. The molecular formula is C8H9FN6O2S. The van der Waals surface area contributed by atoms with Crippen molar-refractivity contribution in [3.63, 3.8) is 0 Å². The molecule has 0 unspecified atom stereocenters. The van der Waals surface area contributed by atoms with E-state index in [9.17, 15) is 14.0 Å². The first kappa shape index (κ1) is 12.5. The van der Waals surface area contributed by atoms with E-state index in [4.69, 9.17) is 0 Å². The first-order chi connectivity index (χ1) is 8.70. The van der Waals surface area contributed by atoms with Crippen molar-refractivity contribution in [3.05, 3.63) is 34.4 Å². The van der Waals surface area contributed by atoms with Crippen LogP contribution in [0.25, 0.3) is 0 Å². The maximum absolute atomic E-state index is 11.9. The highest BCUT2D eigenvalue weighted by molar-refractivity contribution is 7.94. The molecule has 0 saturated carbocycles. The summed E-state index contributed by atoms with van der Waals surface area (Å²) in [7, 11) is 0. The second-order valence-corrected chi connectivity index (χ2v) is 4.02. The summed E-state index contributed by atoms with van der Waals surface area (Å²) in [6.07, 6.45) is 4.47. The molecule has 0 N–H and O–H groups in total. The van der Waals surface area contributed by atoms with E-state index >= 15 is 0 Å². The Morgan fingerprint density at radius 3 is 3.11 bits per heavy atom. The number of halogens is 1. The van der Waals surface area contributed by atoms with Gasteiger partial charge in [-0.25, -0.2) is 4.57 Å². The highest BCUT2D eigenvalue weighted by atomic mass is 32.2. The normalized spacial score (nSPS) is 10.7. The summed E-state index contributed by atoms with van der Waals surface area (Å²) in [5.41, 5.74) is 0.556. The Kier molecular flexibility index (Phi) is 3.87. The van der Waals surface area contributed by atoms with Crippen molar-refractivity contribution in [2.75, 3.05) is 5.75 Å². The first-order valence-electron chi connectivity index (χ1n) is 4.99. The van der Waals surface area contributed by atoms with Gasteiger partial charge in [0.25, 0.3) is 0 Å². The van der Waals surface area contributed by atoms with Gasteiger partial charge in [0, 0.05) is 17.9 Å². The van der Waals surface area contributed by atoms with Crippen molar-refractivity contribution in [2.45, 2.75) is 13.1 Å². The summed E-state index contributed by atoms with van der Waals surface area (Å²) in [5, 5.41) is 18.3. The van der Waals surface area contributed by atoms with Gasteiger partial charge >= 0.3 is 5.95 Å². The van der Waals surface area contributed by atoms with E-state index < -0.39 is 4.92 Å². The average molecular weight is 272 g/mol. The minimum Gasteiger partial charge on any atom is -0.390 e. The molecule has 0 amide bonds. The smallest absolute Gasteiger partial charge is 0.390 e. The second kappa shape index (κ2) is 5.58.